The van der Waals surface area contributed by atoms with Crippen LogP contribution in [0.4, 0.5) is 0 Å². The van der Waals surface area contributed by atoms with Crippen molar-refractivity contribution in [2.24, 2.45) is 0 Å². The predicted octanol–water partition coefficient (Wildman–Crippen LogP) is 0.464. The Hall–Kier alpha value is -0.130. The van der Waals surface area contributed by atoms with Crippen LogP contribution in [-0.4, -0.2) is 20.8 Å². The maximum Gasteiger partial charge on any atom is 0.373 e. The molecule has 0 bridgehead atoms. The lowest BCUT2D eigenvalue weighted by Gasteiger charge is -1.92. The summed E-state index contributed by atoms with van der Waals surface area (Å²) in [4.78, 5) is 20.0. The Morgan fingerprint density at radius 2 is 2.00 bits per heavy atom. The van der Waals surface area contributed by atoms with Gasteiger partial charge in [0.1, 0.15) is 0 Å². The van der Waals surface area contributed by atoms with Gasteiger partial charge in [-0.05, 0) is 6.92 Å². The normalized spacial score (nSPS) is 12.8. The van der Waals surface area contributed by atoms with E-state index in [4.69, 9.17) is 5.11 Å². The summed E-state index contributed by atoms with van der Waals surface area (Å²) in [5.74, 6) is -2.10. The van der Waals surface area contributed by atoms with E-state index in [0.29, 0.717) is 0 Å². The van der Waals surface area contributed by atoms with E-state index in [1.807, 2.05) is 0 Å². The molecule has 4 heteroatoms. The van der Waals surface area contributed by atoms with Crippen molar-refractivity contribution in [1.29, 1.82) is 0 Å². The molecular formula is C4H5IO3. The molecule has 0 aromatic heterocycles. The summed E-state index contributed by atoms with van der Waals surface area (Å²) in [6.07, 6.45) is 0. The Morgan fingerprint density at radius 3 is 2.00 bits per heavy atom. The van der Waals surface area contributed by atoms with Crippen molar-refractivity contribution in [2.45, 2.75) is 10.8 Å². The van der Waals surface area contributed by atoms with Crippen LogP contribution in [0.25, 0.3) is 0 Å². The Kier molecular flexibility index (Phi) is 2.96. The van der Waals surface area contributed by atoms with Crippen molar-refractivity contribution in [3.05, 3.63) is 0 Å². The molecule has 0 radical (unpaired) electrons. The lowest BCUT2D eigenvalue weighted by Crippen LogP contribution is -2.20. The topological polar surface area (TPSA) is 54.4 Å². The number of ketones is 1. The molecule has 3 nitrogen and oxygen atoms in total. The van der Waals surface area contributed by atoms with Gasteiger partial charge in [0.05, 0.1) is 3.92 Å². The first-order valence-corrected chi connectivity index (χ1v) is 3.21. The van der Waals surface area contributed by atoms with Crippen LogP contribution in [0, 0.1) is 0 Å². The fourth-order valence-corrected chi connectivity index (χ4v) is 0.437. The first kappa shape index (κ1) is 7.87. The summed E-state index contributed by atoms with van der Waals surface area (Å²) in [6.45, 7) is 1.54. The second kappa shape index (κ2) is 3.01. The van der Waals surface area contributed by atoms with Crippen LogP contribution in [0.2, 0.25) is 0 Å². The number of carbonyl (C=O) groups excluding carboxylic acids is 1. The van der Waals surface area contributed by atoms with Crippen LogP contribution in [0.5, 0.6) is 0 Å². The summed E-state index contributed by atoms with van der Waals surface area (Å²) in [5.41, 5.74) is 0. The molecular weight excluding hydrogens is 223 g/mol. The summed E-state index contributed by atoms with van der Waals surface area (Å²) in [7, 11) is 0. The van der Waals surface area contributed by atoms with E-state index < -0.39 is 15.7 Å². The maximum absolute atomic E-state index is 10.2. The fourth-order valence-electron chi connectivity index (χ4n) is 0.170. The monoisotopic (exact) mass is 228 g/mol. The van der Waals surface area contributed by atoms with Crippen LogP contribution in [-0.2, 0) is 9.59 Å². The zero-order valence-corrected chi connectivity index (χ0v) is 6.38. The number of Topliss-reactive ketones (excluding diaryl/α,β-unsaturated/α-hetero) is 1. The molecule has 0 rings (SSSR count). The molecule has 1 unspecified atom stereocenters. The predicted molar refractivity (Wildman–Crippen MR) is 36.1 cm³/mol. The molecule has 0 aliphatic carbocycles. The Bertz CT molecular complexity index is 118. The third-order valence-corrected chi connectivity index (χ3v) is 1.14. The van der Waals surface area contributed by atoms with Crippen LogP contribution >= 0.6 is 22.6 Å². The molecule has 0 saturated heterocycles. The number of rotatable bonds is 2. The van der Waals surface area contributed by atoms with E-state index in [-0.39, 0.29) is 0 Å². The lowest BCUT2D eigenvalue weighted by molar-refractivity contribution is -0.148. The van der Waals surface area contributed by atoms with Gasteiger partial charge in [-0.2, -0.15) is 0 Å². The van der Waals surface area contributed by atoms with Crippen LogP contribution in [0.1, 0.15) is 6.92 Å². The maximum atomic E-state index is 10.2. The van der Waals surface area contributed by atoms with E-state index in [9.17, 15) is 9.59 Å². The third-order valence-electron chi connectivity index (χ3n) is 0.572. The summed E-state index contributed by atoms with van der Waals surface area (Å²) in [6, 6.07) is 0. The zero-order valence-electron chi connectivity index (χ0n) is 4.22. The second-order valence-corrected chi connectivity index (χ2v) is 3.15. The largest absolute Gasteiger partial charge is 0.475 e. The van der Waals surface area contributed by atoms with Crippen molar-refractivity contribution in [3.63, 3.8) is 0 Å². The van der Waals surface area contributed by atoms with Crippen molar-refractivity contribution in [2.75, 3.05) is 0 Å². The minimum Gasteiger partial charge on any atom is -0.475 e. The van der Waals surface area contributed by atoms with Gasteiger partial charge in [-0.1, -0.05) is 22.6 Å². The molecule has 0 aromatic rings. The van der Waals surface area contributed by atoms with E-state index in [0.717, 1.165) is 0 Å². The number of carboxylic acids is 1. The molecule has 0 heterocycles. The average molecular weight is 228 g/mol. The second-order valence-electron chi connectivity index (χ2n) is 1.29. The number of carboxylic acid groups (broad SMARTS) is 1. The van der Waals surface area contributed by atoms with Gasteiger partial charge in [0.25, 0.3) is 5.78 Å². The van der Waals surface area contributed by atoms with Gasteiger partial charge in [-0.25, -0.2) is 4.79 Å². The number of carbonyl (C=O) groups is 2. The molecule has 1 N–H and O–H groups in total. The first-order chi connectivity index (χ1) is 3.55. The van der Waals surface area contributed by atoms with Gasteiger partial charge in [0.2, 0.25) is 0 Å². The molecule has 0 amide bonds. The van der Waals surface area contributed by atoms with Gasteiger partial charge in [-0.3, -0.25) is 4.79 Å². The molecule has 1 atom stereocenters. The summed E-state index contributed by atoms with van der Waals surface area (Å²) in [5, 5.41) is 8.00. The van der Waals surface area contributed by atoms with Crippen LogP contribution in [0.15, 0.2) is 0 Å². The van der Waals surface area contributed by atoms with Crippen LogP contribution in [0.3, 0.4) is 0 Å². The smallest absolute Gasteiger partial charge is 0.373 e. The molecule has 0 aliphatic rings. The lowest BCUT2D eigenvalue weighted by atomic mass is 10.3. The van der Waals surface area contributed by atoms with E-state index >= 15 is 0 Å². The van der Waals surface area contributed by atoms with Gasteiger partial charge in [0.15, 0.2) is 0 Å². The number of hydrogen-bond acceptors (Lipinski definition) is 2. The minimum atomic E-state index is -1.35. The van der Waals surface area contributed by atoms with Crippen molar-refractivity contribution < 1.29 is 14.7 Å². The van der Waals surface area contributed by atoms with Gasteiger partial charge in [-0.15, -0.1) is 0 Å². The van der Waals surface area contributed by atoms with E-state index in [2.05, 4.69) is 0 Å². The molecule has 0 spiro atoms. The molecule has 0 saturated carbocycles. The summed E-state index contributed by atoms with van der Waals surface area (Å²) >= 11 is 1.75. The number of hydrogen-bond donors (Lipinski definition) is 1. The number of alkyl halides is 1. The SMILES string of the molecule is CC(I)C(=O)C(=O)O. The van der Waals surface area contributed by atoms with E-state index in [1.54, 1.807) is 22.6 Å². The summed E-state index contributed by atoms with van der Waals surface area (Å²) < 4.78 is -0.426. The highest BCUT2D eigenvalue weighted by molar-refractivity contribution is 14.1. The van der Waals surface area contributed by atoms with Crippen LogP contribution < -0.4 is 0 Å². The highest BCUT2D eigenvalue weighted by Crippen LogP contribution is 1.98. The molecule has 46 valence electrons. The quantitative estimate of drug-likeness (QED) is 0.424. The highest BCUT2D eigenvalue weighted by atomic mass is 127. The first-order valence-electron chi connectivity index (χ1n) is 1.97. The van der Waals surface area contributed by atoms with Crippen molar-refractivity contribution in [1.82, 2.24) is 0 Å². The highest BCUT2D eigenvalue weighted by Gasteiger charge is 2.16. The molecule has 8 heavy (non-hydrogen) atoms. The van der Waals surface area contributed by atoms with Crippen molar-refractivity contribution >= 4 is 34.3 Å². The Morgan fingerprint density at radius 1 is 1.62 bits per heavy atom. The molecule has 0 aliphatic heterocycles. The Labute approximate surface area is 60.2 Å². The van der Waals surface area contributed by atoms with Crippen molar-refractivity contribution in [3.8, 4) is 0 Å². The standard InChI is InChI=1S/C4H5IO3/c1-2(5)3(6)4(7)8/h2H,1H3,(H,7,8). The minimum absolute atomic E-state index is 0.426. The zero-order chi connectivity index (χ0) is 6.73. The number of aliphatic carboxylic acids is 1. The van der Waals surface area contributed by atoms with Gasteiger partial charge >= 0.3 is 5.97 Å². The average Bonchev–Trinajstić information content (AvgIpc) is 1.64. The van der Waals surface area contributed by atoms with Gasteiger partial charge < -0.3 is 5.11 Å². The van der Waals surface area contributed by atoms with E-state index in [1.165, 1.54) is 6.92 Å². The number of halogens is 1. The van der Waals surface area contributed by atoms with Gasteiger partial charge in [0, 0.05) is 0 Å². The fraction of sp³-hybridized carbons (Fsp3) is 0.500. The molecule has 0 aromatic carbocycles. The third kappa shape index (κ3) is 2.25. The Balaban J connectivity index is 3.84. The molecule has 0 fully saturated rings.